The lowest BCUT2D eigenvalue weighted by molar-refractivity contribution is 0.247. The Morgan fingerprint density at radius 2 is 1.77 bits per heavy atom. The van der Waals surface area contributed by atoms with Crippen molar-refractivity contribution in [1.82, 2.24) is 9.38 Å². The highest BCUT2D eigenvalue weighted by Gasteiger charge is 2.16. The van der Waals surface area contributed by atoms with Crippen molar-refractivity contribution in [3.63, 3.8) is 0 Å². The molecule has 0 saturated heterocycles. The number of rotatable bonds is 7. The standard InChI is InChI=1S/C25H21FN2O3/c26-19-5-7-21(8-6-19)29-13-2-14-30-22-9-11-24-18(15-22)4-10-25(31-24)23-16-20-3-1-12-28(20)17-27-23/h1,3,5-12,15-17H,2,4,13-14H2. The molecule has 6 heteroatoms. The van der Waals surface area contributed by atoms with Crippen LogP contribution >= 0.6 is 0 Å². The van der Waals surface area contributed by atoms with Gasteiger partial charge in [-0.05, 0) is 73.2 Å². The summed E-state index contributed by atoms with van der Waals surface area (Å²) in [6.07, 6.45) is 7.28. The van der Waals surface area contributed by atoms with E-state index in [2.05, 4.69) is 4.98 Å². The molecule has 0 unspecified atom stereocenters. The van der Waals surface area contributed by atoms with Gasteiger partial charge in [0.05, 0.1) is 19.5 Å². The number of halogens is 1. The minimum Gasteiger partial charge on any atom is -0.493 e. The fraction of sp³-hybridized carbons (Fsp3) is 0.160. The summed E-state index contributed by atoms with van der Waals surface area (Å²) in [5, 5.41) is 0. The van der Waals surface area contributed by atoms with Crippen molar-refractivity contribution in [3.05, 3.63) is 96.3 Å². The van der Waals surface area contributed by atoms with Crippen LogP contribution in [-0.2, 0) is 6.42 Å². The Morgan fingerprint density at radius 3 is 2.65 bits per heavy atom. The van der Waals surface area contributed by atoms with Crippen LogP contribution in [0.2, 0.25) is 0 Å². The number of fused-ring (bicyclic) bond motifs is 2. The molecule has 2 aromatic heterocycles. The van der Waals surface area contributed by atoms with E-state index in [-0.39, 0.29) is 5.82 Å². The zero-order valence-electron chi connectivity index (χ0n) is 16.8. The summed E-state index contributed by atoms with van der Waals surface area (Å²) in [7, 11) is 0. The number of aromatic nitrogens is 2. The third-order valence-corrected chi connectivity index (χ3v) is 5.07. The second-order valence-electron chi connectivity index (χ2n) is 7.26. The van der Waals surface area contributed by atoms with Gasteiger partial charge in [-0.15, -0.1) is 0 Å². The van der Waals surface area contributed by atoms with E-state index >= 15 is 0 Å². The third-order valence-electron chi connectivity index (χ3n) is 5.07. The van der Waals surface area contributed by atoms with E-state index in [1.807, 2.05) is 53.1 Å². The van der Waals surface area contributed by atoms with Gasteiger partial charge >= 0.3 is 0 Å². The highest BCUT2D eigenvalue weighted by Crippen LogP contribution is 2.33. The third kappa shape index (κ3) is 4.38. The van der Waals surface area contributed by atoms with Gasteiger partial charge in [-0.2, -0.15) is 0 Å². The summed E-state index contributed by atoms with van der Waals surface area (Å²) in [6, 6.07) is 17.9. The average molecular weight is 416 g/mol. The zero-order chi connectivity index (χ0) is 21.0. The number of hydrogen-bond acceptors (Lipinski definition) is 4. The van der Waals surface area contributed by atoms with E-state index in [0.29, 0.717) is 19.0 Å². The highest BCUT2D eigenvalue weighted by molar-refractivity contribution is 5.66. The molecule has 3 heterocycles. The van der Waals surface area contributed by atoms with E-state index in [9.17, 15) is 4.39 Å². The Hall–Kier alpha value is -3.80. The molecule has 0 spiro atoms. The fourth-order valence-corrected chi connectivity index (χ4v) is 3.46. The SMILES string of the molecule is Fc1ccc(OCCCOc2ccc3c(c2)CC=C(c2cc4cccn4cn2)O3)cc1. The minimum absolute atomic E-state index is 0.271. The Kier molecular flexibility index (Phi) is 5.27. The first-order valence-electron chi connectivity index (χ1n) is 10.2. The predicted octanol–water partition coefficient (Wildman–Crippen LogP) is 5.30. The molecule has 1 aliphatic rings. The Bertz CT molecular complexity index is 1230. The lowest BCUT2D eigenvalue weighted by atomic mass is 10.1. The highest BCUT2D eigenvalue weighted by atomic mass is 19.1. The van der Waals surface area contributed by atoms with E-state index in [1.54, 1.807) is 18.5 Å². The number of hydrogen-bond donors (Lipinski definition) is 0. The second-order valence-corrected chi connectivity index (χ2v) is 7.26. The van der Waals surface area contributed by atoms with Gasteiger partial charge < -0.3 is 18.6 Å². The molecule has 5 nitrogen and oxygen atoms in total. The largest absolute Gasteiger partial charge is 0.493 e. The quantitative estimate of drug-likeness (QED) is 0.384. The van der Waals surface area contributed by atoms with Crippen LogP contribution in [0.5, 0.6) is 17.2 Å². The van der Waals surface area contributed by atoms with Crippen LogP contribution in [-0.4, -0.2) is 22.6 Å². The van der Waals surface area contributed by atoms with Crippen molar-refractivity contribution in [2.24, 2.45) is 0 Å². The maximum Gasteiger partial charge on any atom is 0.149 e. The molecule has 5 rings (SSSR count). The molecule has 0 radical (unpaired) electrons. The summed E-state index contributed by atoms with van der Waals surface area (Å²) in [6.45, 7) is 1.04. The number of benzene rings is 2. The van der Waals surface area contributed by atoms with Crippen LogP contribution in [0.15, 0.2) is 79.3 Å². The number of ether oxygens (including phenoxy) is 3. The lowest BCUT2D eigenvalue weighted by Crippen LogP contribution is -2.07. The molecular formula is C25H21FN2O3. The van der Waals surface area contributed by atoms with E-state index in [0.717, 1.165) is 46.9 Å². The van der Waals surface area contributed by atoms with Crippen molar-refractivity contribution < 1.29 is 18.6 Å². The Morgan fingerprint density at radius 1 is 0.968 bits per heavy atom. The first-order valence-corrected chi connectivity index (χ1v) is 10.2. The first-order chi connectivity index (χ1) is 15.2. The van der Waals surface area contributed by atoms with Crippen molar-refractivity contribution in [2.45, 2.75) is 12.8 Å². The van der Waals surface area contributed by atoms with Crippen molar-refractivity contribution in [3.8, 4) is 17.2 Å². The van der Waals surface area contributed by atoms with E-state index in [4.69, 9.17) is 14.2 Å². The van der Waals surface area contributed by atoms with Crippen LogP contribution in [0.3, 0.4) is 0 Å². The predicted molar refractivity (Wildman–Crippen MR) is 116 cm³/mol. The van der Waals surface area contributed by atoms with E-state index < -0.39 is 0 Å². The Balaban J connectivity index is 1.15. The van der Waals surface area contributed by atoms with Crippen molar-refractivity contribution >= 4 is 11.3 Å². The molecule has 0 N–H and O–H groups in total. The molecule has 0 aliphatic carbocycles. The van der Waals surface area contributed by atoms with Crippen LogP contribution in [0.1, 0.15) is 17.7 Å². The van der Waals surface area contributed by atoms with Crippen LogP contribution in [0.25, 0.3) is 11.3 Å². The van der Waals surface area contributed by atoms with Gasteiger partial charge in [0.2, 0.25) is 0 Å². The van der Waals surface area contributed by atoms with Crippen LogP contribution in [0, 0.1) is 5.82 Å². The maximum atomic E-state index is 12.9. The van der Waals surface area contributed by atoms with E-state index in [1.165, 1.54) is 12.1 Å². The molecule has 31 heavy (non-hydrogen) atoms. The van der Waals surface area contributed by atoms with Gasteiger partial charge in [0.25, 0.3) is 0 Å². The maximum absolute atomic E-state index is 12.9. The molecule has 156 valence electrons. The van der Waals surface area contributed by atoms with Gasteiger partial charge in [0, 0.05) is 23.7 Å². The zero-order valence-corrected chi connectivity index (χ0v) is 16.8. The summed E-state index contributed by atoms with van der Waals surface area (Å²) in [5.74, 6) is 2.77. The first kappa shape index (κ1) is 19.2. The minimum atomic E-state index is -0.271. The topological polar surface area (TPSA) is 45.0 Å². The summed E-state index contributed by atoms with van der Waals surface area (Å²) < 4.78 is 32.4. The molecule has 0 bridgehead atoms. The van der Waals surface area contributed by atoms with Gasteiger partial charge in [-0.25, -0.2) is 9.37 Å². The summed E-state index contributed by atoms with van der Waals surface area (Å²) in [4.78, 5) is 4.49. The van der Waals surface area contributed by atoms with Crippen LogP contribution < -0.4 is 14.2 Å². The molecule has 0 fully saturated rings. The van der Waals surface area contributed by atoms with Gasteiger partial charge in [0.1, 0.15) is 34.5 Å². The number of nitrogens with zero attached hydrogens (tertiary/aromatic N) is 2. The number of allylic oxidation sites excluding steroid dienone is 1. The fourth-order valence-electron chi connectivity index (χ4n) is 3.46. The van der Waals surface area contributed by atoms with Gasteiger partial charge in [-0.3, -0.25) is 0 Å². The second kappa shape index (κ2) is 8.52. The average Bonchev–Trinajstić information content (AvgIpc) is 3.28. The molecule has 0 saturated carbocycles. The lowest BCUT2D eigenvalue weighted by Gasteiger charge is -2.19. The van der Waals surface area contributed by atoms with Gasteiger partial charge in [-0.1, -0.05) is 0 Å². The van der Waals surface area contributed by atoms with Gasteiger partial charge in [0.15, 0.2) is 0 Å². The monoisotopic (exact) mass is 416 g/mol. The molecule has 1 aliphatic heterocycles. The molecule has 0 atom stereocenters. The molecule has 0 amide bonds. The molecule has 4 aromatic rings. The summed E-state index contributed by atoms with van der Waals surface area (Å²) in [5.41, 5.74) is 2.97. The van der Waals surface area contributed by atoms with Crippen molar-refractivity contribution in [1.29, 1.82) is 0 Å². The molecular weight excluding hydrogens is 395 g/mol. The van der Waals surface area contributed by atoms with Crippen molar-refractivity contribution in [2.75, 3.05) is 13.2 Å². The smallest absolute Gasteiger partial charge is 0.149 e. The normalized spacial score (nSPS) is 12.7. The Labute approximate surface area is 179 Å². The molecule has 2 aromatic carbocycles. The van der Waals surface area contributed by atoms with Crippen LogP contribution in [0.4, 0.5) is 4.39 Å². The summed E-state index contributed by atoms with van der Waals surface area (Å²) >= 11 is 0.